The van der Waals surface area contributed by atoms with Gasteiger partial charge in [0.05, 0.1) is 5.69 Å². The molecule has 2 aromatic carbocycles. The molecule has 144 valence electrons. The van der Waals surface area contributed by atoms with Gasteiger partial charge in [-0.2, -0.15) is 10.4 Å². The molecule has 4 rings (SSSR count). The number of nitrogens with zero attached hydrogens (tertiary/aromatic N) is 4. The molecule has 6 nitrogen and oxygen atoms in total. The predicted octanol–water partition coefficient (Wildman–Crippen LogP) is 4.48. The van der Waals surface area contributed by atoms with Gasteiger partial charge in [-0.05, 0) is 42.5 Å². The van der Waals surface area contributed by atoms with Crippen molar-refractivity contribution in [2.75, 3.05) is 5.32 Å². The number of hydrogen-bond acceptors (Lipinski definition) is 4. The van der Waals surface area contributed by atoms with Gasteiger partial charge in [-0.3, -0.25) is 9.78 Å². The smallest absolute Gasteiger partial charge is 0.266 e. The monoisotopic (exact) mass is 391 g/mol. The van der Waals surface area contributed by atoms with Crippen molar-refractivity contribution in [3.8, 4) is 23.0 Å². The lowest BCUT2D eigenvalue weighted by molar-refractivity contribution is -0.112. The van der Waals surface area contributed by atoms with E-state index in [1.54, 1.807) is 41.5 Å². The molecule has 0 unspecified atom stereocenters. The number of benzene rings is 2. The van der Waals surface area contributed by atoms with Gasteiger partial charge < -0.3 is 5.32 Å². The third-order valence-corrected chi connectivity index (χ3v) is 4.39. The number of nitrogens with one attached hydrogen (secondary N) is 1. The molecular weight excluding hydrogens is 374 g/mol. The number of rotatable bonds is 5. The molecule has 0 radical (unpaired) electrons. The highest BCUT2D eigenvalue weighted by atomic mass is 16.1. The Balaban J connectivity index is 1.75. The van der Waals surface area contributed by atoms with Gasteiger partial charge in [0.2, 0.25) is 0 Å². The lowest BCUT2D eigenvalue weighted by atomic mass is 10.1. The van der Waals surface area contributed by atoms with Crippen LogP contribution < -0.4 is 5.32 Å². The second kappa shape index (κ2) is 8.67. The number of nitriles is 1. The first-order chi connectivity index (χ1) is 14.7. The van der Waals surface area contributed by atoms with Gasteiger partial charge in [-0.25, -0.2) is 4.68 Å². The van der Waals surface area contributed by atoms with E-state index in [9.17, 15) is 10.1 Å². The van der Waals surface area contributed by atoms with Crippen molar-refractivity contribution in [3.05, 3.63) is 103 Å². The fraction of sp³-hybridized carbons (Fsp3) is 0. The molecule has 0 saturated heterocycles. The molecule has 2 heterocycles. The van der Waals surface area contributed by atoms with E-state index < -0.39 is 5.91 Å². The van der Waals surface area contributed by atoms with Crippen molar-refractivity contribution in [3.63, 3.8) is 0 Å². The Morgan fingerprint density at radius 1 is 1.00 bits per heavy atom. The first-order valence-corrected chi connectivity index (χ1v) is 9.28. The van der Waals surface area contributed by atoms with Crippen molar-refractivity contribution in [1.82, 2.24) is 14.8 Å². The maximum atomic E-state index is 12.6. The van der Waals surface area contributed by atoms with Crippen molar-refractivity contribution in [2.24, 2.45) is 0 Å². The standard InChI is InChI=1S/C24H17N5O/c25-15-19(24(30)27-21-9-3-1-4-10-21)14-20-17-29(22-11-5-2-6-12-22)28-23(20)18-8-7-13-26-16-18/h1-14,16-17H,(H,27,30)/b19-14+. The number of para-hydroxylation sites is 2. The van der Waals surface area contributed by atoms with E-state index >= 15 is 0 Å². The molecule has 0 fully saturated rings. The Hall–Kier alpha value is -4.50. The lowest BCUT2D eigenvalue weighted by Crippen LogP contribution is -2.13. The minimum atomic E-state index is -0.478. The highest BCUT2D eigenvalue weighted by Gasteiger charge is 2.15. The third kappa shape index (κ3) is 4.16. The third-order valence-electron chi connectivity index (χ3n) is 4.39. The molecule has 4 aromatic rings. The van der Waals surface area contributed by atoms with E-state index in [1.807, 2.05) is 66.7 Å². The van der Waals surface area contributed by atoms with Crippen LogP contribution in [0.5, 0.6) is 0 Å². The number of aromatic nitrogens is 3. The van der Waals surface area contributed by atoms with E-state index in [1.165, 1.54) is 0 Å². The Bertz CT molecular complexity index is 1220. The molecule has 0 spiro atoms. The number of amides is 1. The van der Waals surface area contributed by atoms with Crippen LogP contribution in [0.1, 0.15) is 5.56 Å². The van der Waals surface area contributed by atoms with Crippen LogP contribution in [0.25, 0.3) is 23.0 Å². The summed E-state index contributed by atoms with van der Waals surface area (Å²) >= 11 is 0. The van der Waals surface area contributed by atoms with E-state index in [0.29, 0.717) is 16.9 Å². The summed E-state index contributed by atoms with van der Waals surface area (Å²) in [5.41, 5.74) is 3.54. The molecule has 30 heavy (non-hydrogen) atoms. The van der Waals surface area contributed by atoms with Crippen LogP contribution in [-0.2, 0) is 4.79 Å². The summed E-state index contributed by atoms with van der Waals surface area (Å²) < 4.78 is 1.72. The summed E-state index contributed by atoms with van der Waals surface area (Å²) in [6.07, 6.45) is 6.73. The van der Waals surface area contributed by atoms with Gasteiger partial charge in [0, 0.05) is 35.4 Å². The zero-order chi connectivity index (χ0) is 20.8. The molecule has 1 amide bonds. The van der Waals surface area contributed by atoms with Gasteiger partial charge in [-0.15, -0.1) is 0 Å². The maximum Gasteiger partial charge on any atom is 0.266 e. The summed E-state index contributed by atoms with van der Waals surface area (Å²) in [6, 6.07) is 24.3. The largest absolute Gasteiger partial charge is 0.321 e. The summed E-state index contributed by atoms with van der Waals surface area (Å²) in [5.74, 6) is -0.478. The topological polar surface area (TPSA) is 83.6 Å². The van der Waals surface area contributed by atoms with Gasteiger partial charge in [-0.1, -0.05) is 36.4 Å². The van der Waals surface area contributed by atoms with Crippen LogP contribution in [0.15, 0.2) is 97.0 Å². The molecule has 0 saturated carbocycles. The Kier molecular flexibility index (Phi) is 5.45. The molecular formula is C24H17N5O. The minimum Gasteiger partial charge on any atom is -0.321 e. The quantitative estimate of drug-likeness (QED) is 0.402. The number of carbonyl (C=O) groups is 1. The summed E-state index contributed by atoms with van der Waals surface area (Å²) in [5, 5.41) is 17.0. The highest BCUT2D eigenvalue weighted by molar-refractivity contribution is 6.10. The molecule has 2 aromatic heterocycles. The van der Waals surface area contributed by atoms with Crippen molar-refractivity contribution in [1.29, 1.82) is 5.26 Å². The summed E-state index contributed by atoms with van der Waals surface area (Å²) in [7, 11) is 0. The van der Waals surface area contributed by atoms with E-state index in [4.69, 9.17) is 0 Å². The molecule has 0 atom stereocenters. The van der Waals surface area contributed by atoms with E-state index in [0.717, 1.165) is 11.3 Å². The van der Waals surface area contributed by atoms with Crippen LogP contribution in [0.3, 0.4) is 0 Å². The molecule has 0 aliphatic carbocycles. The molecule has 1 N–H and O–H groups in total. The number of pyridine rings is 1. The average molecular weight is 391 g/mol. The van der Waals surface area contributed by atoms with Gasteiger partial charge in [0.15, 0.2) is 0 Å². The Labute approximate surface area is 173 Å². The van der Waals surface area contributed by atoms with Crippen LogP contribution in [0, 0.1) is 11.3 Å². The molecule has 0 aliphatic rings. The molecule has 0 aliphatic heterocycles. The van der Waals surface area contributed by atoms with Gasteiger partial charge >= 0.3 is 0 Å². The van der Waals surface area contributed by atoms with E-state index in [-0.39, 0.29) is 5.57 Å². The van der Waals surface area contributed by atoms with E-state index in [2.05, 4.69) is 15.4 Å². The number of anilines is 1. The number of hydrogen-bond donors (Lipinski definition) is 1. The Morgan fingerprint density at radius 2 is 1.73 bits per heavy atom. The zero-order valence-electron chi connectivity index (χ0n) is 15.9. The van der Waals surface area contributed by atoms with Crippen molar-refractivity contribution < 1.29 is 4.79 Å². The normalized spacial score (nSPS) is 11.0. The van der Waals surface area contributed by atoms with Crippen molar-refractivity contribution >= 4 is 17.7 Å². The van der Waals surface area contributed by atoms with Crippen LogP contribution >= 0.6 is 0 Å². The predicted molar refractivity (Wildman–Crippen MR) is 115 cm³/mol. The number of carbonyl (C=O) groups excluding carboxylic acids is 1. The minimum absolute atomic E-state index is 0.0170. The van der Waals surface area contributed by atoms with Gasteiger partial charge in [0.25, 0.3) is 5.91 Å². The maximum absolute atomic E-state index is 12.6. The first kappa shape index (κ1) is 18.8. The second-order valence-corrected chi connectivity index (χ2v) is 6.44. The molecule has 6 heteroatoms. The zero-order valence-corrected chi connectivity index (χ0v) is 15.9. The van der Waals surface area contributed by atoms with Gasteiger partial charge in [0.1, 0.15) is 17.3 Å². The first-order valence-electron chi connectivity index (χ1n) is 9.28. The fourth-order valence-corrected chi connectivity index (χ4v) is 2.96. The fourth-order valence-electron chi connectivity index (χ4n) is 2.96. The van der Waals surface area contributed by atoms with Crippen LogP contribution in [-0.4, -0.2) is 20.7 Å². The van der Waals surface area contributed by atoms with Crippen LogP contribution in [0.4, 0.5) is 5.69 Å². The lowest BCUT2D eigenvalue weighted by Gasteiger charge is -2.04. The summed E-state index contributed by atoms with van der Waals surface area (Å²) in [6.45, 7) is 0. The Morgan fingerprint density at radius 3 is 2.40 bits per heavy atom. The SMILES string of the molecule is N#C/C(=C\c1cn(-c2ccccc2)nc1-c1cccnc1)C(=O)Nc1ccccc1. The average Bonchev–Trinajstić information content (AvgIpc) is 3.23. The second-order valence-electron chi connectivity index (χ2n) is 6.44. The molecule has 0 bridgehead atoms. The van der Waals surface area contributed by atoms with Crippen molar-refractivity contribution in [2.45, 2.75) is 0 Å². The van der Waals surface area contributed by atoms with Crippen LogP contribution in [0.2, 0.25) is 0 Å². The highest BCUT2D eigenvalue weighted by Crippen LogP contribution is 2.25. The summed E-state index contributed by atoms with van der Waals surface area (Å²) in [4.78, 5) is 16.8.